The van der Waals surface area contributed by atoms with E-state index in [1.54, 1.807) is 4.90 Å². The molecule has 2 aromatic rings. The summed E-state index contributed by atoms with van der Waals surface area (Å²) in [5, 5.41) is 6.71. The zero-order chi connectivity index (χ0) is 22.9. The van der Waals surface area contributed by atoms with Gasteiger partial charge in [-0.25, -0.2) is 4.98 Å². The molecule has 1 saturated heterocycles. The average Bonchev–Trinajstić information content (AvgIpc) is 3.09. The van der Waals surface area contributed by atoms with Crippen LogP contribution in [-0.4, -0.2) is 67.5 Å². The van der Waals surface area contributed by atoms with E-state index >= 15 is 0 Å². The van der Waals surface area contributed by atoms with Crippen LogP contribution >= 0.6 is 11.3 Å². The lowest BCUT2D eigenvalue weighted by atomic mass is 10.1. The Morgan fingerprint density at radius 3 is 2.42 bits per heavy atom. The number of halogens is 3. The summed E-state index contributed by atoms with van der Waals surface area (Å²) in [6.07, 6.45) is -4.57. The molecule has 0 radical (unpaired) electrons. The van der Waals surface area contributed by atoms with E-state index in [0.717, 1.165) is 11.3 Å². The highest BCUT2D eigenvalue weighted by atomic mass is 32.1. The zero-order valence-electron chi connectivity index (χ0n) is 17.9. The Morgan fingerprint density at radius 2 is 1.87 bits per heavy atom. The first-order valence-electron chi connectivity index (χ1n) is 10.0. The van der Waals surface area contributed by atoms with Crippen LogP contribution in [0.3, 0.4) is 0 Å². The van der Waals surface area contributed by atoms with Gasteiger partial charge in [-0.1, -0.05) is 0 Å². The second-order valence-corrected chi connectivity index (χ2v) is 8.70. The van der Waals surface area contributed by atoms with E-state index in [2.05, 4.69) is 15.6 Å². The lowest BCUT2D eigenvalue weighted by Gasteiger charge is -2.36. The number of nitrogens with one attached hydrogen (secondary N) is 2. The number of aromatic nitrogens is 1. The second kappa shape index (κ2) is 8.99. The zero-order valence-corrected chi connectivity index (χ0v) is 18.7. The predicted octanol–water partition coefficient (Wildman–Crippen LogP) is 2.63. The molecule has 1 aliphatic heterocycles. The predicted molar refractivity (Wildman–Crippen MR) is 115 cm³/mol. The molecule has 0 saturated carbocycles. The number of anilines is 1. The molecule has 0 atom stereocenters. The minimum absolute atomic E-state index is 0.0312. The van der Waals surface area contributed by atoms with Crippen molar-refractivity contribution in [2.24, 2.45) is 0 Å². The van der Waals surface area contributed by atoms with Crippen LogP contribution < -0.4 is 15.5 Å². The maximum atomic E-state index is 13.9. The molecule has 0 aromatic carbocycles. The first-order valence-corrected chi connectivity index (χ1v) is 10.9. The second-order valence-electron chi connectivity index (χ2n) is 7.82. The van der Waals surface area contributed by atoms with Gasteiger partial charge in [-0.05, 0) is 20.8 Å². The van der Waals surface area contributed by atoms with Gasteiger partial charge >= 0.3 is 6.18 Å². The number of rotatable bonds is 5. The monoisotopic (exact) mass is 457 g/mol. The van der Waals surface area contributed by atoms with Gasteiger partial charge in [0, 0.05) is 50.2 Å². The van der Waals surface area contributed by atoms with Crippen LogP contribution in [0.1, 0.15) is 35.3 Å². The molecule has 0 bridgehead atoms. The number of hydrogen-bond acceptors (Lipinski definition) is 6. The molecule has 31 heavy (non-hydrogen) atoms. The van der Waals surface area contributed by atoms with E-state index < -0.39 is 17.6 Å². The molecule has 11 heteroatoms. The summed E-state index contributed by atoms with van der Waals surface area (Å²) in [5.41, 5.74) is -0.489. The normalized spacial score (nSPS) is 15.5. The van der Waals surface area contributed by atoms with Gasteiger partial charge in [-0.3, -0.25) is 14.5 Å². The number of hydrogen-bond donors (Lipinski definition) is 2. The molecule has 170 valence electrons. The summed E-state index contributed by atoms with van der Waals surface area (Å²) in [7, 11) is 1.43. The van der Waals surface area contributed by atoms with E-state index in [0.29, 0.717) is 26.2 Å². The van der Waals surface area contributed by atoms with Crippen molar-refractivity contribution in [3.8, 4) is 0 Å². The van der Waals surface area contributed by atoms with Crippen molar-refractivity contribution < 1.29 is 22.8 Å². The van der Waals surface area contributed by atoms with Crippen LogP contribution in [-0.2, 0) is 11.0 Å². The van der Waals surface area contributed by atoms with Crippen molar-refractivity contribution in [1.82, 2.24) is 20.5 Å². The summed E-state index contributed by atoms with van der Waals surface area (Å²) in [4.78, 5) is 32.4. The number of nitrogens with zero attached hydrogens (tertiary/aromatic N) is 3. The number of piperazine rings is 1. The van der Waals surface area contributed by atoms with E-state index in [4.69, 9.17) is 0 Å². The first-order chi connectivity index (χ1) is 14.5. The lowest BCUT2D eigenvalue weighted by molar-refractivity contribution is -0.136. The molecular weight excluding hydrogens is 431 g/mol. The highest BCUT2D eigenvalue weighted by Gasteiger charge is 2.38. The fourth-order valence-corrected chi connectivity index (χ4v) is 4.85. The smallest absolute Gasteiger partial charge is 0.355 e. The van der Waals surface area contributed by atoms with Crippen molar-refractivity contribution in [2.45, 2.75) is 33.0 Å². The Bertz CT molecular complexity index is 981. The van der Waals surface area contributed by atoms with Gasteiger partial charge < -0.3 is 15.5 Å². The van der Waals surface area contributed by atoms with Gasteiger partial charge in [0.05, 0.1) is 27.9 Å². The van der Waals surface area contributed by atoms with Crippen molar-refractivity contribution in [3.63, 3.8) is 0 Å². The molecule has 0 spiro atoms. The number of thiophene rings is 1. The molecular formula is C20H26F3N5O2S. The maximum absolute atomic E-state index is 13.9. The third kappa shape index (κ3) is 4.93. The number of carbonyl (C=O) groups excluding carboxylic acids is 2. The molecule has 1 fully saturated rings. The van der Waals surface area contributed by atoms with Crippen molar-refractivity contribution in [3.05, 3.63) is 22.1 Å². The van der Waals surface area contributed by atoms with Gasteiger partial charge in [-0.2, -0.15) is 13.2 Å². The number of fused-ring (bicyclic) bond motifs is 1. The number of pyridine rings is 1. The third-order valence-electron chi connectivity index (χ3n) is 5.16. The molecule has 7 nitrogen and oxygen atoms in total. The molecule has 2 N–H and O–H groups in total. The molecule has 2 amide bonds. The summed E-state index contributed by atoms with van der Waals surface area (Å²) in [6, 6.07) is 0.0493. The standard InChI is InChI=1S/C20H26F3N5O2S/c1-11(2)25-14(29)9-27-5-7-28(8-6-27)18-12(3)15(20(21,22)23)17-16(26-18)13(10-31-17)19(30)24-4/h10-11H,5-9H2,1-4H3,(H,24,30)(H,25,29). The Kier molecular flexibility index (Phi) is 6.75. The largest absolute Gasteiger partial charge is 0.418 e. The van der Waals surface area contributed by atoms with E-state index in [-0.39, 0.29) is 45.7 Å². The fourth-order valence-electron chi connectivity index (χ4n) is 3.75. The Labute approximate surface area is 182 Å². The minimum Gasteiger partial charge on any atom is -0.355 e. The van der Waals surface area contributed by atoms with Crippen molar-refractivity contribution in [1.29, 1.82) is 0 Å². The molecule has 0 aliphatic carbocycles. The summed E-state index contributed by atoms with van der Waals surface area (Å²) < 4.78 is 41.8. The Morgan fingerprint density at radius 1 is 1.23 bits per heavy atom. The van der Waals surface area contributed by atoms with Gasteiger partial charge in [0.25, 0.3) is 5.91 Å². The average molecular weight is 458 g/mol. The Balaban J connectivity index is 1.91. The summed E-state index contributed by atoms with van der Waals surface area (Å²) in [6.45, 7) is 7.36. The van der Waals surface area contributed by atoms with Crippen molar-refractivity contribution in [2.75, 3.05) is 44.7 Å². The quantitative estimate of drug-likeness (QED) is 0.722. The number of carbonyl (C=O) groups is 2. The summed E-state index contributed by atoms with van der Waals surface area (Å²) >= 11 is 0.878. The van der Waals surface area contributed by atoms with Crippen LogP contribution in [0.4, 0.5) is 19.0 Å². The van der Waals surface area contributed by atoms with Gasteiger partial charge in [0.1, 0.15) is 5.82 Å². The van der Waals surface area contributed by atoms with E-state index in [1.165, 1.54) is 19.4 Å². The minimum atomic E-state index is -4.57. The topological polar surface area (TPSA) is 77.6 Å². The number of alkyl halides is 3. The van der Waals surface area contributed by atoms with Crippen LogP contribution in [0.5, 0.6) is 0 Å². The molecule has 2 aromatic heterocycles. The molecule has 1 aliphatic rings. The molecule has 3 rings (SSSR count). The van der Waals surface area contributed by atoms with Crippen LogP contribution in [0.15, 0.2) is 5.38 Å². The SMILES string of the molecule is CNC(=O)c1csc2c(C(F)(F)F)c(C)c(N3CCN(CC(=O)NC(C)C)CC3)nc12. The van der Waals surface area contributed by atoms with Crippen molar-refractivity contribution >= 4 is 39.2 Å². The van der Waals surface area contributed by atoms with Crippen LogP contribution in [0, 0.1) is 6.92 Å². The lowest BCUT2D eigenvalue weighted by Crippen LogP contribution is -2.50. The van der Waals surface area contributed by atoms with Crippen LogP contribution in [0.25, 0.3) is 10.2 Å². The molecule has 0 unspecified atom stereocenters. The Hall–Kier alpha value is -2.40. The highest BCUT2D eigenvalue weighted by molar-refractivity contribution is 7.17. The summed E-state index contributed by atoms with van der Waals surface area (Å²) in [5.74, 6) is -0.315. The fraction of sp³-hybridized carbons (Fsp3) is 0.550. The van der Waals surface area contributed by atoms with Gasteiger partial charge in [-0.15, -0.1) is 11.3 Å². The van der Waals surface area contributed by atoms with E-state index in [9.17, 15) is 22.8 Å². The number of amides is 2. The maximum Gasteiger partial charge on any atom is 0.418 e. The van der Waals surface area contributed by atoms with Crippen LogP contribution in [0.2, 0.25) is 0 Å². The molecule has 3 heterocycles. The van der Waals surface area contributed by atoms with Gasteiger partial charge in [0.2, 0.25) is 5.91 Å². The third-order valence-corrected chi connectivity index (χ3v) is 6.15. The van der Waals surface area contributed by atoms with E-state index in [1.807, 2.05) is 18.7 Å². The highest BCUT2D eigenvalue weighted by Crippen LogP contribution is 2.43. The first kappa shape index (κ1) is 23.3. The van der Waals surface area contributed by atoms with Gasteiger partial charge in [0.15, 0.2) is 0 Å².